The molecule has 20 heavy (non-hydrogen) atoms. The van der Waals surface area contributed by atoms with Gasteiger partial charge in [-0.2, -0.15) is 0 Å². The highest BCUT2D eigenvalue weighted by Crippen LogP contribution is 2.18. The Morgan fingerprint density at radius 2 is 1.60 bits per heavy atom. The van der Waals surface area contributed by atoms with Crippen molar-refractivity contribution in [2.45, 2.75) is 12.3 Å². The molecule has 5 heteroatoms. The highest BCUT2D eigenvalue weighted by Gasteiger charge is 2.18. The first-order valence-electron chi connectivity index (χ1n) is 6.15. The molecule has 0 radical (unpaired) electrons. The van der Waals surface area contributed by atoms with Gasteiger partial charge >= 0.3 is 0 Å². The van der Waals surface area contributed by atoms with Gasteiger partial charge in [-0.15, -0.1) is 0 Å². The van der Waals surface area contributed by atoms with E-state index in [1.54, 1.807) is 36.4 Å². The predicted octanol–water partition coefficient (Wildman–Crippen LogP) is 2.67. The summed E-state index contributed by atoms with van der Waals surface area (Å²) in [5.74, 6) is 0.00233. The Kier molecular flexibility index (Phi) is 4.74. The Hall–Kier alpha value is -1.88. The van der Waals surface area contributed by atoms with Crippen molar-refractivity contribution in [2.24, 2.45) is 11.5 Å². The van der Waals surface area contributed by atoms with Crippen molar-refractivity contribution in [1.82, 2.24) is 0 Å². The lowest BCUT2D eigenvalue weighted by Gasteiger charge is -2.21. The Labute approximate surface area is 122 Å². The molecule has 4 nitrogen and oxygen atoms in total. The van der Waals surface area contributed by atoms with E-state index in [1.807, 2.05) is 18.2 Å². The van der Waals surface area contributed by atoms with Crippen LogP contribution in [0.2, 0.25) is 5.02 Å². The minimum Gasteiger partial charge on any atom is -0.457 e. The molecular formula is C15H16ClN3O. The van der Waals surface area contributed by atoms with Gasteiger partial charge in [0.2, 0.25) is 5.90 Å². The van der Waals surface area contributed by atoms with Gasteiger partial charge in [0.15, 0.2) is 6.23 Å². The van der Waals surface area contributed by atoms with Gasteiger partial charge in [0, 0.05) is 10.6 Å². The first-order chi connectivity index (χ1) is 9.58. The summed E-state index contributed by atoms with van der Waals surface area (Å²) in [5, 5.41) is 8.50. The van der Waals surface area contributed by atoms with Crippen LogP contribution in [0.3, 0.4) is 0 Å². The average Bonchev–Trinajstić information content (AvgIpc) is 2.48. The number of benzene rings is 2. The zero-order chi connectivity index (χ0) is 14.5. The Bertz CT molecular complexity index is 571. The maximum Gasteiger partial charge on any atom is 0.214 e. The van der Waals surface area contributed by atoms with Crippen LogP contribution in [0.4, 0.5) is 0 Å². The molecule has 0 saturated heterocycles. The van der Waals surface area contributed by atoms with Crippen LogP contribution in [0.5, 0.6) is 0 Å². The first kappa shape index (κ1) is 14.5. The highest BCUT2D eigenvalue weighted by molar-refractivity contribution is 6.30. The van der Waals surface area contributed by atoms with Gasteiger partial charge in [0.25, 0.3) is 0 Å². The smallest absolute Gasteiger partial charge is 0.214 e. The number of hydrogen-bond acceptors (Lipinski definition) is 4. The fraction of sp³-hybridized carbons (Fsp3) is 0.133. The molecule has 0 aliphatic rings. The Balaban J connectivity index is 2.02. The van der Waals surface area contributed by atoms with Crippen LogP contribution < -0.4 is 11.5 Å². The van der Waals surface area contributed by atoms with Gasteiger partial charge in [0.05, 0.1) is 6.04 Å². The van der Waals surface area contributed by atoms with Gasteiger partial charge in [-0.3, -0.25) is 11.1 Å². The summed E-state index contributed by atoms with van der Waals surface area (Å²) in [7, 11) is 0. The van der Waals surface area contributed by atoms with Gasteiger partial charge in [-0.05, 0) is 29.8 Å². The van der Waals surface area contributed by atoms with Crippen molar-refractivity contribution in [1.29, 1.82) is 5.41 Å². The molecule has 2 rings (SSSR count). The second-order valence-corrected chi connectivity index (χ2v) is 4.79. The summed E-state index contributed by atoms with van der Waals surface area (Å²) in [5.41, 5.74) is 13.4. The molecular weight excluding hydrogens is 274 g/mol. The van der Waals surface area contributed by atoms with E-state index >= 15 is 0 Å². The molecule has 0 aliphatic carbocycles. The van der Waals surface area contributed by atoms with Crippen molar-refractivity contribution >= 4 is 17.5 Å². The second kappa shape index (κ2) is 6.52. The minimum absolute atomic E-state index is 0.00233. The molecule has 0 amide bonds. The topological polar surface area (TPSA) is 85.1 Å². The fourth-order valence-corrected chi connectivity index (χ4v) is 1.87. The van der Waals surface area contributed by atoms with Crippen LogP contribution in [-0.4, -0.2) is 12.1 Å². The zero-order valence-electron chi connectivity index (χ0n) is 10.8. The molecule has 2 atom stereocenters. The summed E-state index contributed by atoms with van der Waals surface area (Å²) in [6, 6.07) is 15.6. The molecule has 0 saturated carbocycles. The summed E-state index contributed by atoms with van der Waals surface area (Å²) < 4.78 is 5.39. The standard InChI is InChI=1S/C15H16ClN3O/c16-12-8-6-10(7-9-12)13(17)15(19)20-14(18)11-4-2-1-3-5-11/h1-9,13,15,18H,17,19H2. The zero-order valence-corrected chi connectivity index (χ0v) is 11.5. The van der Waals surface area contributed by atoms with Crippen LogP contribution in [0, 0.1) is 5.41 Å². The SMILES string of the molecule is N=C(OC(N)C(N)c1ccc(Cl)cc1)c1ccccc1. The van der Waals surface area contributed by atoms with E-state index < -0.39 is 12.3 Å². The molecule has 2 aromatic carbocycles. The van der Waals surface area contributed by atoms with Crippen LogP contribution >= 0.6 is 11.6 Å². The van der Waals surface area contributed by atoms with Crippen molar-refractivity contribution in [3.8, 4) is 0 Å². The molecule has 0 fully saturated rings. The first-order valence-corrected chi connectivity index (χ1v) is 6.53. The minimum atomic E-state index is -0.802. The lowest BCUT2D eigenvalue weighted by Crippen LogP contribution is -2.38. The molecule has 2 unspecified atom stereocenters. The van der Waals surface area contributed by atoms with E-state index in [2.05, 4.69) is 0 Å². The van der Waals surface area contributed by atoms with E-state index in [-0.39, 0.29) is 5.90 Å². The number of hydrogen-bond donors (Lipinski definition) is 3. The normalized spacial score (nSPS) is 13.6. The van der Waals surface area contributed by atoms with E-state index in [1.165, 1.54) is 0 Å². The van der Waals surface area contributed by atoms with Gasteiger partial charge in [-0.1, -0.05) is 41.9 Å². The van der Waals surface area contributed by atoms with Gasteiger partial charge < -0.3 is 10.5 Å². The Morgan fingerprint density at radius 1 is 1.00 bits per heavy atom. The highest BCUT2D eigenvalue weighted by atomic mass is 35.5. The average molecular weight is 290 g/mol. The summed E-state index contributed by atoms with van der Waals surface area (Å²) in [4.78, 5) is 0. The molecule has 0 spiro atoms. The number of ether oxygens (including phenoxy) is 1. The van der Waals surface area contributed by atoms with Crippen LogP contribution in [0.15, 0.2) is 54.6 Å². The third-order valence-corrected chi connectivity index (χ3v) is 3.15. The summed E-state index contributed by atoms with van der Waals surface area (Å²) >= 11 is 5.82. The van der Waals surface area contributed by atoms with Crippen molar-refractivity contribution in [3.05, 3.63) is 70.7 Å². The summed E-state index contributed by atoms with van der Waals surface area (Å²) in [6.45, 7) is 0. The molecule has 5 N–H and O–H groups in total. The number of nitrogens with one attached hydrogen (secondary N) is 1. The predicted molar refractivity (Wildman–Crippen MR) is 80.7 cm³/mol. The third kappa shape index (κ3) is 3.57. The maximum atomic E-state index is 7.87. The molecule has 104 valence electrons. The molecule has 0 bridgehead atoms. The monoisotopic (exact) mass is 289 g/mol. The van der Waals surface area contributed by atoms with E-state index in [0.29, 0.717) is 10.6 Å². The number of rotatable bonds is 4. The lowest BCUT2D eigenvalue weighted by atomic mass is 10.1. The van der Waals surface area contributed by atoms with E-state index in [4.69, 9.17) is 33.2 Å². The van der Waals surface area contributed by atoms with Crippen LogP contribution in [0.25, 0.3) is 0 Å². The number of halogens is 1. The lowest BCUT2D eigenvalue weighted by molar-refractivity contribution is 0.164. The molecule has 0 aromatic heterocycles. The summed E-state index contributed by atoms with van der Waals surface area (Å²) in [6.07, 6.45) is -0.802. The molecule has 0 aliphatic heterocycles. The third-order valence-electron chi connectivity index (χ3n) is 2.90. The van der Waals surface area contributed by atoms with Crippen molar-refractivity contribution in [2.75, 3.05) is 0 Å². The van der Waals surface area contributed by atoms with Crippen molar-refractivity contribution in [3.63, 3.8) is 0 Å². The molecule has 0 heterocycles. The van der Waals surface area contributed by atoms with Crippen molar-refractivity contribution < 1.29 is 4.74 Å². The fourth-order valence-electron chi connectivity index (χ4n) is 1.74. The van der Waals surface area contributed by atoms with Gasteiger partial charge in [0.1, 0.15) is 0 Å². The number of nitrogens with two attached hydrogens (primary N) is 2. The van der Waals surface area contributed by atoms with Crippen LogP contribution in [-0.2, 0) is 4.74 Å². The second-order valence-electron chi connectivity index (χ2n) is 4.35. The van der Waals surface area contributed by atoms with E-state index in [9.17, 15) is 0 Å². The molecule has 2 aromatic rings. The van der Waals surface area contributed by atoms with Gasteiger partial charge in [-0.25, -0.2) is 0 Å². The quantitative estimate of drug-likeness (QED) is 0.459. The van der Waals surface area contributed by atoms with Crippen LogP contribution in [0.1, 0.15) is 17.2 Å². The Morgan fingerprint density at radius 3 is 2.20 bits per heavy atom. The van der Waals surface area contributed by atoms with E-state index in [0.717, 1.165) is 5.56 Å². The maximum absolute atomic E-state index is 7.87. The largest absolute Gasteiger partial charge is 0.457 e.